The highest BCUT2D eigenvalue weighted by molar-refractivity contribution is 6.46. The second-order valence-electron chi connectivity index (χ2n) is 10.7. The molecule has 0 bridgehead atoms. The molecular weight excluding hydrogens is 484 g/mol. The number of carbonyl (C=O) groups is 2. The van der Waals surface area contributed by atoms with Gasteiger partial charge in [-0.15, -0.1) is 0 Å². The summed E-state index contributed by atoms with van der Waals surface area (Å²) in [5.41, 5.74) is 1.77. The van der Waals surface area contributed by atoms with Crippen LogP contribution >= 0.6 is 0 Å². The van der Waals surface area contributed by atoms with Gasteiger partial charge in [-0.2, -0.15) is 0 Å². The normalized spacial score (nSPS) is 17.3. The van der Waals surface area contributed by atoms with Crippen molar-refractivity contribution >= 4 is 17.4 Å². The maximum atomic E-state index is 13.5. The van der Waals surface area contributed by atoms with E-state index in [1.165, 1.54) is 12.0 Å². The van der Waals surface area contributed by atoms with Gasteiger partial charge in [0.15, 0.2) is 11.5 Å². The lowest BCUT2D eigenvalue weighted by Crippen LogP contribution is -2.35. The van der Waals surface area contributed by atoms with E-state index < -0.39 is 17.7 Å². The maximum Gasteiger partial charge on any atom is 0.295 e. The number of benzene rings is 2. The molecule has 8 heteroatoms. The lowest BCUT2D eigenvalue weighted by atomic mass is 9.85. The first-order valence-corrected chi connectivity index (χ1v) is 12.9. The van der Waals surface area contributed by atoms with Crippen molar-refractivity contribution in [2.24, 2.45) is 0 Å². The van der Waals surface area contributed by atoms with E-state index in [9.17, 15) is 14.7 Å². The van der Waals surface area contributed by atoms with Crippen LogP contribution in [0.5, 0.6) is 17.2 Å². The summed E-state index contributed by atoms with van der Waals surface area (Å²) in [6.45, 7) is 9.52. The number of amides is 1. The first-order chi connectivity index (χ1) is 17.9. The van der Waals surface area contributed by atoms with E-state index in [4.69, 9.17) is 14.2 Å². The van der Waals surface area contributed by atoms with Crippen molar-refractivity contribution in [3.8, 4) is 17.2 Å². The highest BCUT2D eigenvalue weighted by atomic mass is 16.5. The van der Waals surface area contributed by atoms with Gasteiger partial charge in [-0.25, -0.2) is 0 Å². The van der Waals surface area contributed by atoms with Crippen molar-refractivity contribution in [2.75, 3.05) is 48.0 Å². The molecule has 0 saturated carbocycles. The van der Waals surface area contributed by atoms with E-state index in [1.807, 2.05) is 38.1 Å². The molecule has 3 rings (SSSR count). The van der Waals surface area contributed by atoms with Gasteiger partial charge in [-0.05, 0) is 61.3 Å². The zero-order valence-electron chi connectivity index (χ0n) is 23.8. The molecule has 38 heavy (non-hydrogen) atoms. The smallest absolute Gasteiger partial charge is 0.295 e. The summed E-state index contributed by atoms with van der Waals surface area (Å²) < 4.78 is 16.9. The highest BCUT2D eigenvalue weighted by Gasteiger charge is 2.46. The molecule has 0 aromatic heterocycles. The molecule has 0 spiro atoms. The maximum absolute atomic E-state index is 13.5. The topological polar surface area (TPSA) is 88.5 Å². The number of likely N-dealkylation sites (tertiary alicyclic amines) is 1. The van der Waals surface area contributed by atoms with E-state index in [0.717, 1.165) is 12.0 Å². The molecule has 0 radical (unpaired) electrons. The van der Waals surface area contributed by atoms with Gasteiger partial charge in [0.05, 0.1) is 38.0 Å². The van der Waals surface area contributed by atoms with E-state index in [0.29, 0.717) is 48.1 Å². The van der Waals surface area contributed by atoms with Crippen LogP contribution in [0.3, 0.4) is 0 Å². The van der Waals surface area contributed by atoms with E-state index in [-0.39, 0.29) is 16.7 Å². The van der Waals surface area contributed by atoms with Crippen LogP contribution in [0, 0.1) is 0 Å². The number of ether oxygens (including phenoxy) is 3. The minimum atomic E-state index is -0.812. The quantitative estimate of drug-likeness (QED) is 0.272. The first-order valence-electron chi connectivity index (χ1n) is 12.9. The summed E-state index contributed by atoms with van der Waals surface area (Å²) >= 11 is 0. The Kier molecular flexibility index (Phi) is 9.09. The van der Waals surface area contributed by atoms with Gasteiger partial charge in [0.1, 0.15) is 11.5 Å². The fraction of sp³-hybridized carbons (Fsp3) is 0.467. The second kappa shape index (κ2) is 11.9. The number of hydrogen-bond acceptors (Lipinski definition) is 7. The molecule has 1 aliphatic heterocycles. The van der Waals surface area contributed by atoms with Crippen LogP contribution in [-0.4, -0.2) is 74.6 Å². The van der Waals surface area contributed by atoms with Crippen LogP contribution in [0.25, 0.3) is 5.76 Å². The predicted molar refractivity (Wildman–Crippen MR) is 148 cm³/mol. The number of carbonyl (C=O) groups excluding carboxylic acids is 2. The predicted octanol–water partition coefficient (Wildman–Crippen LogP) is 4.77. The summed E-state index contributed by atoms with van der Waals surface area (Å²) in [6, 6.07) is 10.1. The van der Waals surface area contributed by atoms with Gasteiger partial charge < -0.3 is 29.1 Å². The van der Waals surface area contributed by atoms with E-state index in [1.54, 1.807) is 31.4 Å². The molecule has 1 aliphatic rings. The van der Waals surface area contributed by atoms with Gasteiger partial charge in [-0.1, -0.05) is 39.8 Å². The second-order valence-corrected chi connectivity index (χ2v) is 10.7. The molecule has 1 fully saturated rings. The van der Waals surface area contributed by atoms with Crippen molar-refractivity contribution < 1.29 is 28.9 Å². The number of aliphatic hydroxyl groups is 1. The van der Waals surface area contributed by atoms with Crippen LogP contribution in [0.15, 0.2) is 42.0 Å². The van der Waals surface area contributed by atoms with Crippen molar-refractivity contribution in [3.05, 3.63) is 58.7 Å². The lowest BCUT2D eigenvalue weighted by molar-refractivity contribution is -0.140. The molecule has 2 aromatic carbocycles. The largest absolute Gasteiger partial charge is 0.507 e. The number of aliphatic hydroxyl groups excluding tert-OH is 1. The van der Waals surface area contributed by atoms with Crippen LogP contribution in [0.4, 0.5) is 0 Å². The number of ketones is 1. The summed E-state index contributed by atoms with van der Waals surface area (Å²) in [5, 5.41) is 11.7. The molecule has 1 amide bonds. The third-order valence-corrected chi connectivity index (χ3v) is 6.61. The number of hydrogen-bond donors (Lipinski definition) is 1. The number of methoxy groups -OCH3 is 2. The Hall–Kier alpha value is -3.52. The Morgan fingerprint density at radius 2 is 1.66 bits per heavy atom. The van der Waals surface area contributed by atoms with Crippen LogP contribution < -0.4 is 14.2 Å². The van der Waals surface area contributed by atoms with Gasteiger partial charge >= 0.3 is 0 Å². The van der Waals surface area contributed by atoms with Gasteiger partial charge in [0, 0.05) is 13.1 Å². The standard InChI is InChI=1S/C30H40N2O6/c1-9-16-38-24-17-19(10-12-23(24)37-8)26-25(28(34)29(35)32(26)15-14-31(5)6)27(33)21-18-20(30(2,3)4)11-13-22(21)36-7/h10-13,17-18,26,33H,9,14-16H2,1-8H3/b27-25+. The molecule has 0 aliphatic carbocycles. The Balaban J connectivity index is 2.27. The van der Waals surface area contributed by atoms with Gasteiger partial charge in [-0.3, -0.25) is 9.59 Å². The molecule has 1 atom stereocenters. The van der Waals surface area contributed by atoms with Crippen LogP contribution in [0.1, 0.15) is 56.8 Å². The van der Waals surface area contributed by atoms with Crippen molar-refractivity contribution in [3.63, 3.8) is 0 Å². The Bertz CT molecular complexity index is 1210. The molecule has 1 saturated heterocycles. The molecule has 8 nitrogen and oxygen atoms in total. The Morgan fingerprint density at radius 1 is 1.00 bits per heavy atom. The third kappa shape index (κ3) is 5.96. The van der Waals surface area contributed by atoms with Gasteiger partial charge in [0.25, 0.3) is 11.7 Å². The number of Topliss-reactive ketones (excluding diaryl/α,β-unsaturated/α-hetero) is 1. The van der Waals surface area contributed by atoms with Crippen molar-refractivity contribution in [1.82, 2.24) is 9.80 Å². The molecule has 1 N–H and O–H groups in total. The monoisotopic (exact) mass is 524 g/mol. The lowest BCUT2D eigenvalue weighted by Gasteiger charge is -2.27. The molecule has 2 aromatic rings. The van der Waals surface area contributed by atoms with Crippen molar-refractivity contribution in [2.45, 2.75) is 45.6 Å². The average molecular weight is 525 g/mol. The summed E-state index contributed by atoms with van der Waals surface area (Å²) in [5.74, 6) is -0.187. The first kappa shape index (κ1) is 29.0. The van der Waals surface area contributed by atoms with Crippen LogP contribution in [-0.2, 0) is 15.0 Å². The summed E-state index contributed by atoms with van der Waals surface area (Å²) in [7, 11) is 6.87. The molecule has 206 valence electrons. The fourth-order valence-electron chi connectivity index (χ4n) is 4.46. The minimum Gasteiger partial charge on any atom is -0.507 e. The number of likely N-dealkylation sites (N-methyl/N-ethyl adjacent to an activating group) is 1. The number of nitrogens with zero attached hydrogens (tertiary/aromatic N) is 2. The SMILES string of the molecule is CCCOc1cc(C2/C(=C(\O)c3cc(C(C)(C)C)ccc3OC)C(=O)C(=O)N2CCN(C)C)ccc1OC. The average Bonchev–Trinajstić information content (AvgIpc) is 3.14. The highest BCUT2D eigenvalue weighted by Crippen LogP contribution is 2.43. The summed E-state index contributed by atoms with van der Waals surface area (Å²) in [6.07, 6.45) is 0.804. The Labute approximate surface area is 225 Å². The summed E-state index contributed by atoms with van der Waals surface area (Å²) in [4.78, 5) is 30.3. The Morgan fingerprint density at radius 3 is 2.24 bits per heavy atom. The third-order valence-electron chi connectivity index (χ3n) is 6.61. The van der Waals surface area contributed by atoms with Gasteiger partial charge in [0.2, 0.25) is 0 Å². The molecule has 1 heterocycles. The zero-order chi connectivity index (χ0) is 28.2. The van der Waals surface area contributed by atoms with E-state index in [2.05, 4.69) is 20.8 Å². The fourth-order valence-corrected chi connectivity index (χ4v) is 4.46. The molecule has 1 unspecified atom stereocenters. The zero-order valence-corrected chi connectivity index (χ0v) is 23.8. The molecular formula is C30H40N2O6. The van der Waals surface area contributed by atoms with Crippen LogP contribution in [0.2, 0.25) is 0 Å². The van der Waals surface area contributed by atoms with Crippen molar-refractivity contribution in [1.29, 1.82) is 0 Å². The minimum absolute atomic E-state index is 0.0183. The van der Waals surface area contributed by atoms with E-state index >= 15 is 0 Å². The number of rotatable bonds is 10.